The maximum atomic E-state index is 4.17. The Labute approximate surface area is 89.8 Å². The Hall–Kier alpha value is -0.260. The average molecular weight is 194 g/mol. The second kappa shape index (κ2) is 8.08. The molecule has 1 fully saturated rings. The van der Waals surface area contributed by atoms with Gasteiger partial charge in [-0.2, -0.15) is 0 Å². The normalized spacial score (nSPS) is 23.3. The van der Waals surface area contributed by atoms with E-state index in [0.717, 1.165) is 0 Å². The van der Waals surface area contributed by atoms with E-state index in [-0.39, 0.29) is 0 Å². The zero-order chi connectivity index (χ0) is 10.1. The van der Waals surface area contributed by atoms with Crippen LogP contribution in [-0.2, 0) is 0 Å². The molecule has 0 aliphatic heterocycles. The van der Waals surface area contributed by atoms with E-state index in [2.05, 4.69) is 6.58 Å². The molecule has 0 nitrogen and oxygen atoms in total. The van der Waals surface area contributed by atoms with Crippen molar-refractivity contribution in [1.82, 2.24) is 0 Å². The van der Waals surface area contributed by atoms with E-state index in [9.17, 15) is 0 Å². The Kier molecular flexibility index (Phi) is 6.82. The largest absolute Gasteiger partial charge is 0.0999 e. The molecule has 82 valence electrons. The minimum atomic E-state index is 1.29. The van der Waals surface area contributed by atoms with Crippen LogP contribution in [0.5, 0.6) is 0 Å². The lowest BCUT2D eigenvalue weighted by Gasteiger charge is -2.04. The molecule has 0 atom stereocenters. The summed E-state index contributed by atoms with van der Waals surface area (Å²) in [7, 11) is 0. The van der Waals surface area contributed by atoms with E-state index in [1.165, 1.54) is 82.6 Å². The average Bonchev–Trinajstić information content (AvgIpc) is 2.20. The van der Waals surface area contributed by atoms with Gasteiger partial charge in [-0.05, 0) is 25.7 Å². The summed E-state index contributed by atoms with van der Waals surface area (Å²) >= 11 is 0. The third-order valence-electron chi connectivity index (χ3n) is 3.31. The molecular weight excluding hydrogens is 168 g/mol. The van der Waals surface area contributed by atoms with Gasteiger partial charge in [-0.25, -0.2) is 0 Å². The molecule has 0 unspecified atom stereocenters. The predicted octanol–water partition coefficient (Wildman–Crippen LogP) is 5.24. The zero-order valence-corrected chi connectivity index (χ0v) is 9.69. The van der Waals surface area contributed by atoms with E-state index in [1.54, 1.807) is 0 Å². The Morgan fingerprint density at radius 2 is 0.786 bits per heavy atom. The predicted molar refractivity (Wildman–Crippen MR) is 64.5 cm³/mol. The molecule has 0 N–H and O–H groups in total. The molecule has 14 heavy (non-hydrogen) atoms. The minimum absolute atomic E-state index is 1.29. The second-order valence-electron chi connectivity index (χ2n) is 4.79. The van der Waals surface area contributed by atoms with Gasteiger partial charge in [-0.3, -0.25) is 0 Å². The van der Waals surface area contributed by atoms with Crippen molar-refractivity contribution >= 4 is 0 Å². The summed E-state index contributed by atoms with van der Waals surface area (Å²) in [6.07, 6.45) is 17.0. The van der Waals surface area contributed by atoms with E-state index in [0.29, 0.717) is 0 Å². The van der Waals surface area contributed by atoms with E-state index in [4.69, 9.17) is 0 Å². The Morgan fingerprint density at radius 1 is 0.500 bits per heavy atom. The van der Waals surface area contributed by atoms with Crippen LogP contribution in [0.3, 0.4) is 0 Å². The van der Waals surface area contributed by atoms with Gasteiger partial charge in [-0.15, -0.1) is 0 Å². The van der Waals surface area contributed by atoms with Crippen molar-refractivity contribution in [3.63, 3.8) is 0 Å². The van der Waals surface area contributed by atoms with Gasteiger partial charge in [0.1, 0.15) is 0 Å². The van der Waals surface area contributed by atoms with Gasteiger partial charge in [-0.1, -0.05) is 63.5 Å². The number of allylic oxidation sites excluding steroid dienone is 1. The van der Waals surface area contributed by atoms with Crippen molar-refractivity contribution in [2.24, 2.45) is 0 Å². The Bertz CT molecular complexity index is 130. The van der Waals surface area contributed by atoms with Crippen LogP contribution < -0.4 is 0 Å². The summed E-state index contributed by atoms with van der Waals surface area (Å²) in [5.74, 6) is 0. The first-order valence-electron chi connectivity index (χ1n) is 6.56. The van der Waals surface area contributed by atoms with Gasteiger partial charge in [0.15, 0.2) is 0 Å². The van der Waals surface area contributed by atoms with Crippen LogP contribution >= 0.6 is 0 Å². The van der Waals surface area contributed by atoms with Crippen LogP contribution in [0.25, 0.3) is 0 Å². The molecule has 1 rings (SSSR count). The summed E-state index contributed by atoms with van der Waals surface area (Å²) in [6.45, 7) is 4.17. The molecule has 0 radical (unpaired) electrons. The van der Waals surface area contributed by atoms with Crippen molar-refractivity contribution < 1.29 is 0 Å². The molecular formula is C14H26. The maximum absolute atomic E-state index is 4.17. The summed E-state index contributed by atoms with van der Waals surface area (Å²) in [5, 5.41) is 0. The highest BCUT2D eigenvalue weighted by atomic mass is 14.0. The third-order valence-corrected chi connectivity index (χ3v) is 3.31. The molecule has 0 saturated heterocycles. The van der Waals surface area contributed by atoms with E-state index in [1.807, 2.05) is 0 Å². The molecule has 0 aromatic carbocycles. The molecule has 1 aliphatic rings. The number of hydrogen-bond donors (Lipinski definition) is 0. The fraction of sp³-hybridized carbons (Fsp3) is 0.857. The lowest BCUT2D eigenvalue weighted by molar-refractivity contribution is 0.562. The Morgan fingerprint density at radius 3 is 1.14 bits per heavy atom. The smallest absolute Gasteiger partial charge is 0.0323 e. The van der Waals surface area contributed by atoms with E-state index < -0.39 is 0 Å². The SMILES string of the molecule is C=C1CCCCCCCCCCCC1. The quantitative estimate of drug-likeness (QED) is 0.463. The fourth-order valence-corrected chi connectivity index (χ4v) is 2.29. The zero-order valence-electron chi connectivity index (χ0n) is 9.69. The van der Waals surface area contributed by atoms with Gasteiger partial charge < -0.3 is 0 Å². The summed E-state index contributed by atoms with van der Waals surface area (Å²) in [6, 6.07) is 0. The lowest BCUT2D eigenvalue weighted by Crippen LogP contribution is -1.84. The van der Waals surface area contributed by atoms with Crippen molar-refractivity contribution in [1.29, 1.82) is 0 Å². The van der Waals surface area contributed by atoms with Crippen molar-refractivity contribution in [2.75, 3.05) is 0 Å². The van der Waals surface area contributed by atoms with Gasteiger partial charge in [0.25, 0.3) is 0 Å². The number of hydrogen-bond acceptors (Lipinski definition) is 0. The van der Waals surface area contributed by atoms with Crippen LogP contribution in [0.15, 0.2) is 12.2 Å². The van der Waals surface area contributed by atoms with Crippen molar-refractivity contribution in [3.05, 3.63) is 12.2 Å². The topological polar surface area (TPSA) is 0 Å². The standard InChI is InChI=1S/C14H26/c1-14-12-10-8-6-4-2-3-5-7-9-11-13-14/h1-13H2. The first kappa shape index (κ1) is 11.8. The van der Waals surface area contributed by atoms with Crippen LogP contribution in [0.2, 0.25) is 0 Å². The van der Waals surface area contributed by atoms with Crippen LogP contribution in [0.1, 0.15) is 77.0 Å². The molecule has 0 heterocycles. The minimum Gasteiger partial charge on any atom is -0.0999 e. The number of rotatable bonds is 0. The summed E-state index contributed by atoms with van der Waals surface area (Å²) in [5.41, 5.74) is 1.50. The molecule has 0 heteroatoms. The van der Waals surface area contributed by atoms with Crippen LogP contribution in [-0.4, -0.2) is 0 Å². The molecule has 0 spiro atoms. The fourth-order valence-electron chi connectivity index (χ4n) is 2.29. The second-order valence-corrected chi connectivity index (χ2v) is 4.79. The highest BCUT2D eigenvalue weighted by Crippen LogP contribution is 2.18. The lowest BCUT2D eigenvalue weighted by atomic mass is 10.0. The highest BCUT2D eigenvalue weighted by Gasteiger charge is 1.98. The van der Waals surface area contributed by atoms with Crippen LogP contribution in [0, 0.1) is 0 Å². The molecule has 1 saturated carbocycles. The maximum Gasteiger partial charge on any atom is -0.0323 e. The monoisotopic (exact) mass is 194 g/mol. The molecule has 0 bridgehead atoms. The van der Waals surface area contributed by atoms with E-state index >= 15 is 0 Å². The molecule has 1 aliphatic carbocycles. The van der Waals surface area contributed by atoms with Gasteiger partial charge in [0, 0.05) is 0 Å². The first-order chi connectivity index (χ1) is 6.89. The van der Waals surface area contributed by atoms with Crippen LogP contribution in [0.4, 0.5) is 0 Å². The van der Waals surface area contributed by atoms with Crippen molar-refractivity contribution in [2.45, 2.75) is 77.0 Å². The summed E-state index contributed by atoms with van der Waals surface area (Å²) in [4.78, 5) is 0. The highest BCUT2D eigenvalue weighted by molar-refractivity contribution is 4.93. The first-order valence-corrected chi connectivity index (χ1v) is 6.56. The van der Waals surface area contributed by atoms with Gasteiger partial charge in [0.05, 0.1) is 0 Å². The van der Waals surface area contributed by atoms with Gasteiger partial charge >= 0.3 is 0 Å². The molecule has 0 amide bonds. The van der Waals surface area contributed by atoms with Gasteiger partial charge in [0.2, 0.25) is 0 Å². The Balaban J connectivity index is 2.15. The summed E-state index contributed by atoms with van der Waals surface area (Å²) < 4.78 is 0. The third kappa shape index (κ3) is 6.23. The molecule has 0 aromatic rings. The molecule has 0 aromatic heterocycles. The van der Waals surface area contributed by atoms with Crippen molar-refractivity contribution in [3.8, 4) is 0 Å².